The van der Waals surface area contributed by atoms with Crippen molar-refractivity contribution in [3.8, 4) is 0 Å². The molecule has 2 aromatic rings. The number of nitrogens with zero attached hydrogens (tertiary/aromatic N) is 1. The Kier molecular flexibility index (Phi) is 4.03. The highest BCUT2D eigenvalue weighted by Crippen LogP contribution is 2.50. The van der Waals surface area contributed by atoms with Crippen molar-refractivity contribution >= 4 is 11.6 Å². The second-order valence-corrected chi connectivity index (χ2v) is 7.74. The molecule has 0 fully saturated rings. The van der Waals surface area contributed by atoms with Crippen molar-refractivity contribution in [3.05, 3.63) is 65.2 Å². The molecule has 1 aliphatic heterocycles. The van der Waals surface area contributed by atoms with Gasteiger partial charge in [-0.3, -0.25) is 4.79 Å². The van der Waals surface area contributed by atoms with Crippen LogP contribution in [0.15, 0.2) is 48.5 Å². The summed E-state index contributed by atoms with van der Waals surface area (Å²) in [7, 11) is 0. The number of carbonyl (C=O) groups excluding carboxylic acids is 1. The summed E-state index contributed by atoms with van der Waals surface area (Å²) in [6.07, 6.45) is 1.96. The molecule has 3 rings (SSSR count). The van der Waals surface area contributed by atoms with Gasteiger partial charge in [0.25, 0.3) is 0 Å². The van der Waals surface area contributed by atoms with Crippen molar-refractivity contribution in [2.24, 2.45) is 0 Å². The number of anilines is 1. The van der Waals surface area contributed by atoms with Gasteiger partial charge in [0.05, 0.1) is 0 Å². The number of fused-ring (bicyclic) bond motifs is 1. The third kappa shape index (κ3) is 2.54. The van der Waals surface area contributed by atoms with Crippen LogP contribution >= 0.6 is 0 Å². The minimum atomic E-state index is -0.224. The van der Waals surface area contributed by atoms with Gasteiger partial charge in [0.2, 0.25) is 5.91 Å². The van der Waals surface area contributed by atoms with Crippen molar-refractivity contribution in [2.45, 2.75) is 58.4 Å². The van der Waals surface area contributed by atoms with E-state index < -0.39 is 0 Å². The number of hydrogen-bond donors (Lipinski definition) is 0. The first-order valence-corrected chi connectivity index (χ1v) is 8.79. The highest BCUT2D eigenvalue weighted by molar-refractivity contribution is 5.95. The Morgan fingerprint density at radius 1 is 1.04 bits per heavy atom. The second-order valence-electron chi connectivity index (χ2n) is 7.74. The second kappa shape index (κ2) is 5.77. The van der Waals surface area contributed by atoms with Crippen LogP contribution in [-0.2, 0) is 16.6 Å². The largest absolute Gasteiger partial charge is 0.307 e. The maximum Gasteiger partial charge on any atom is 0.224 e. The summed E-state index contributed by atoms with van der Waals surface area (Å²) in [5.41, 5.74) is 4.64. The predicted molar refractivity (Wildman–Crippen MR) is 101 cm³/mol. The summed E-state index contributed by atoms with van der Waals surface area (Å²) in [4.78, 5) is 14.3. The Balaban J connectivity index is 2.20. The average Bonchev–Trinajstić information content (AvgIpc) is 2.53. The zero-order valence-electron chi connectivity index (χ0n) is 15.4. The van der Waals surface area contributed by atoms with Gasteiger partial charge in [-0.1, -0.05) is 56.3 Å². The Labute approximate surface area is 145 Å². The molecular formula is C22H27NO. The lowest BCUT2D eigenvalue weighted by Crippen LogP contribution is -2.55. The maximum atomic E-state index is 12.3. The van der Waals surface area contributed by atoms with Crippen LogP contribution in [0.2, 0.25) is 0 Å². The number of aryl methyl sites for hydroxylation is 1. The van der Waals surface area contributed by atoms with E-state index in [1.807, 2.05) is 11.0 Å². The number of benzene rings is 2. The van der Waals surface area contributed by atoms with Crippen LogP contribution in [0.3, 0.4) is 0 Å². The first-order chi connectivity index (χ1) is 11.3. The molecule has 1 amide bonds. The smallest absolute Gasteiger partial charge is 0.224 e. The summed E-state index contributed by atoms with van der Waals surface area (Å²) in [5, 5.41) is 0. The fraction of sp³-hybridized carbons (Fsp3) is 0.409. The van der Waals surface area contributed by atoms with Crippen LogP contribution < -0.4 is 4.90 Å². The monoisotopic (exact) mass is 321 g/mol. The van der Waals surface area contributed by atoms with Gasteiger partial charge in [0, 0.05) is 23.6 Å². The fourth-order valence-corrected chi connectivity index (χ4v) is 4.46. The first kappa shape index (κ1) is 16.8. The molecule has 0 aliphatic carbocycles. The molecule has 1 heterocycles. The third-order valence-corrected chi connectivity index (χ3v) is 5.45. The van der Waals surface area contributed by atoms with Crippen LogP contribution in [-0.4, -0.2) is 11.4 Å². The van der Waals surface area contributed by atoms with E-state index in [-0.39, 0.29) is 16.9 Å². The molecule has 0 spiro atoms. The van der Waals surface area contributed by atoms with Crippen molar-refractivity contribution in [1.29, 1.82) is 0 Å². The van der Waals surface area contributed by atoms with Gasteiger partial charge in [-0.25, -0.2) is 0 Å². The van der Waals surface area contributed by atoms with Gasteiger partial charge in [-0.15, -0.1) is 0 Å². The molecule has 0 saturated carbocycles. The van der Waals surface area contributed by atoms with Crippen LogP contribution in [0.1, 0.15) is 57.7 Å². The van der Waals surface area contributed by atoms with Crippen LogP contribution in [0.4, 0.5) is 5.69 Å². The number of para-hydroxylation sites is 1. The molecule has 0 saturated heterocycles. The number of rotatable bonds is 2. The Bertz CT molecular complexity index is 760. The molecule has 0 unspecified atom stereocenters. The van der Waals surface area contributed by atoms with Crippen molar-refractivity contribution in [1.82, 2.24) is 0 Å². The van der Waals surface area contributed by atoms with Crippen molar-refractivity contribution in [3.63, 3.8) is 0 Å². The molecule has 126 valence electrons. The zero-order valence-corrected chi connectivity index (χ0v) is 15.4. The lowest BCUT2D eigenvalue weighted by atomic mass is 9.65. The lowest BCUT2D eigenvalue weighted by Gasteiger charge is -2.51. The Morgan fingerprint density at radius 3 is 2.25 bits per heavy atom. The molecule has 2 aromatic carbocycles. The molecule has 0 aromatic heterocycles. The van der Waals surface area contributed by atoms with Crippen molar-refractivity contribution < 1.29 is 4.79 Å². The number of carbonyl (C=O) groups is 1. The lowest BCUT2D eigenvalue weighted by molar-refractivity contribution is -0.117. The van der Waals surface area contributed by atoms with E-state index in [0.29, 0.717) is 0 Å². The average molecular weight is 321 g/mol. The Hall–Kier alpha value is -2.09. The molecule has 1 atom stereocenters. The first-order valence-electron chi connectivity index (χ1n) is 8.79. The molecule has 2 nitrogen and oxygen atoms in total. The van der Waals surface area contributed by atoms with Gasteiger partial charge in [0.1, 0.15) is 0 Å². The van der Waals surface area contributed by atoms with E-state index in [9.17, 15) is 4.79 Å². The maximum absolute atomic E-state index is 12.3. The van der Waals surface area contributed by atoms with Crippen LogP contribution in [0, 0.1) is 0 Å². The zero-order chi connectivity index (χ0) is 17.5. The SMILES string of the molecule is CCc1ccc([C@@]2(C)CC(C)(C)N(C(C)=O)c3ccccc32)cc1. The summed E-state index contributed by atoms with van der Waals surface area (Å²) in [5.74, 6) is 0.107. The molecule has 0 N–H and O–H groups in total. The summed E-state index contributed by atoms with van der Waals surface area (Å²) in [6, 6.07) is 17.3. The van der Waals surface area contributed by atoms with Gasteiger partial charge >= 0.3 is 0 Å². The number of amides is 1. The summed E-state index contributed by atoms with van der Waals surface area (Å²) >= 11 is 0. The normalized spacial score (nSPS) is 22.1. The van der Waals surface area contributed by atoms with E-state index in [0.717, 1.165) is 18.5 Å². The quantitative estimate of drug-likeness (QED) is 0.754. The minimum Gasteiger partial charge on any atom is -0.307 e. The summed E-state index contributed by atoms with van der Waals surface area (Å²) < 4.78 is 0. The van der Waals surface area contributed by atoms with E-state index in [1.54, 1.807) is 6.92 Å². The van der Waals surface area contributed by atoms with Crippen LogP contribution in [0.5, 0.6) is 0 Å². The van der Waals surface area contributed by atoms with Gasteiger partial charge in [-0.05, 0) is 49.4 Å². The molecule has 0 radical (unpaired) electrons. The predicted octanol–water partition coefficient (Wildman–Crippen LogP) is 5.09. The molecule has 24 heavy (non-hydrogen) atoms. The van der Waals surface area contributed by atoms with E-state index in [1.165, 1.54) is 16.7 Å². The highest BCUT2D eigenvalue weighted by Gasteiger charge is 2.46. The van der Waals surface area contributed by atoms with E-state index in [4.69, 9.17) is 0 Å². The standard InChI is InChI=1S/C22H27NO/c1-6-17-11-13-18(14-12-17)22(5)15-21(3,4)23(16(2)24)20-10-8-7-9-19(20)22/h7-14H,6,15H2,1-5H3/t22-/m1/s1. The number of hydrogen-bond acceptors (Lipinski definition) is 1. The van der Waals surface area contributed by atoms with Crippen LogP contribution in [0.25, 0.3) is 0 Å². The molecule has 1 aliphatic rings. The third-order valence-electron chi connectivity index (χ3n) is 5.45. The van der Waals surface area contributed by atoms with Gasteiger partial charge < -0.3 is 4.90 Å². The van der Waals surface area contributed by atoms with E-state index in [2.05, 4.69) is 70.2 Å². The van der Waals surface area contributed by atoms with Crippen molar-refractivity contribution in [2.75, 3.05) is 4.90 Å². The van der Waals surface area contributed by atoms with Gasteiger partial charge in [-0.2, -0.15) is 0 Å². The van der Waals surface area contributed by atoms with E-state index >= 15 is 0 Å². The Morgan fingerprint density at radius 2 is 1.67 bits per heavy atom. The van der Waals surface area contributed by atoms with Gasteiger partial charge in [0.15, 0.2) is 0 Å². The molecule has 0 bridgehead atoms. The fourth-order valence-electron chi connectivity index (χ4n) is 4.46. The summed E-state index contributed by atoms with van der Waals surface area (Å²) in [6.45, 7) is 10.5. The molecule has 2 heteroatoms. The highest BCUT2D eigenvalue weighted by atomic mass is 16.2. The minimum absolute atomic E-state index is 0.0989. The molecular weight excluding hydrogens is 294 g/mol. The topological polar surface area (TPSA) is 20.3 Å².